The number of hydrogen-bond donors (Lipinski definition) is 2. The zero-order valence-electron chi connectivity index (χ0n) is 5.23. The van der Waals surface area contributed by atoms with Crippen LogP contribution in [0.1, 0.15) is 6.92 Å². The summed E-state index contributed by atoms with van der Waals surface area (Å²) in [5.41, 5.74) is -0.542. The summed E-state index contributed by atoms with van der Waals surface area (Å²) in [5.74, 6) is 2.42. The molecule has 0 saturated carbocycles. The molecule has 0 aliphatic carbocycles. The van der Waals surface area contributed by atoms with Crippen molar-refractivity contribution >= 4 is 0 Å². The first-order valence-corrected chi connectivity index (χ1v) is 2.46. The lowest BCUT2D eigenvalue weighted by Gasteiger charge is -2.18. The quantitative estimate of drug-likeness (QED) is 0.477. The standard InChI is InChI=1S/C6H11NO/c1-4-6(2,5-8)7-3/h1,7-8H,5H2,2-3H3. The Bertz CT molecular complexity index is 99.6. The highest BCUT2D eigenvalue weighted by molar-refractivity contribution is 5.09. The van der Waals surface area contributed by atoms with E-state index in [4.69, 9.17) is 11.5 Å². The predicted molar refractivity (Wildman–Crippen MR) is 33.4 cm³/mol. The monoisotopic (exact) mass is 113 g/mol. The molecule has 0 fully saturated rings. The summed E-state index contributed by atoms with van der Waals surface area (Å²) in [6, 6.07) is 0. The van der Waals surface area contributed by atoms with Crippen molar-refractivity contribution in [2.24, 2.45) is 0 Å². The fraction of sp³-hybridized carbons (Fsp3) is 0.667. The van der Waals surface area contributed by atoms with E-state index >= 15 is 0 Å². The molecule has 0 aliphatic heterocycles. The molecule has 2 nitrogen and oxygen atoms in total. The van der Waals surface area contributed by atoms with E-state index in [1.807, 2.05) is 0 Å². The Hall–Kier alpha value is -0.520. The van der Waals surface area contributed by atoms with Crippen LogP contribution < -0.4 is 5.32 Å². The van der Waals surface area contributed by atoms with Gasteiger partial charge in [-0.15, -0.1) is 6.42 Å². The number of nitrogens with one attached hydrogen (secondary N) is 1. The highest BCUT2D eigenvalue weighted by atomic mass is 16.3. The van der Waals surface area contributed by atoms with Gasteiger partial charge in [0, 0.05) is 0 Å². The Morgan fingerprint density at radius 3 is 2.38 bits per heavy atom. The molecule has 0 aliphatic rings. The lowest BCUT2D eigenvalue weighted by Crippen LogP contribution is -2.41. The zero-order valence-corrected chi connectivity index (χ0v) is 5.23. The molecule has 8 heavy (non-hydrogen) atoms. The molecular formula is C6H11NO. The van der Waals surface area contributed by atoms with E-state index in [0.29, 0.717) is 0 Å². The van der Waals surface area contributed by atoms with Crippen LogP contribution in [0.5, 0.6) is 0 Å². The van der Waals surface area contributed by atoms with Gasteiger partial charge in [0.1, 0.15) is 5.54 Å². The van der Waals surface area contributed by atoms with Gasteiger partial charge in [-0.2, -0.15) is 0 Å². The van der Waals surface area contributed by atoms with Gasteiger partial charge in [0.05, 0.1) is 6.61 Å². The van der Waals surface area contributed by atoms with Gasteiger partial charge in [0.25, 0.3) is 0 Å². The molecule has 2 heteroatoms. The molecule has 2 N–H and O–H groups in total. The number of terminal acetylenes is 1. The van der Waals surface area contributed by atoms with Crippen LogP contribution in [-0.2, 0) is 0 Å². The zero-order chi connectivity index (χ0) is 6.62. The molecular weight excluding hydrogens is 102 g/mol. The van der Waals surface area contributed by atoms with E-state index in [2.05, 4.69) is 11.2 Å². The summed E-state index contributed by atoms with van der Waals surface area (Å²) >= 11 is 0. The first-order valence-electron chi connectivity index (χ1n) is 2.46. The summed E-state index contributed by atoms with van der Waals surface area (Å²) < 4.78 is 0. The summed E-state index contributed by atoms with van der Waals surface area (Å²) in [5, 5.41) is 11.4. The lowest BCUT2D eigenvalue weighted by molar-refractivity contribution is 0.222. The lowest BCUT2D eigenvalue weighted by atomic mass is 10.1. The summed E-state index contributed by atoms with van der Waals surface area (Å²) in [4.78, 5) is 0. The molecule has 1 atom stereocenters. The fourth-order valence-electron chi connectivity index (χ4n) is 0.197. The molecule has 0 spiro atoms. The highest BCUT2D eigenvalue weighted by Crippen LogP contribution is 1.95. The van der Waals surface area contributed by atoms with E-state index in [9.17, 15) is 0 Å². The third-order valence-electron chi connectivity index (χ3n) is 1.19. The minimum absolute atomic E-state index is 0.0278. The van der Waals surface area contributed by atoms with E-state index in [-0.39, 0.29) is 6.61 Å². The Balaban J connectivity index is 3.83. The van der Waals surface area contributed by atoms with Gasteiger partial charge in [0.2, 0.25) is 0 Å². The van der Waals surface area contributed by atoms with Crippen LogP contribution in [0, 0.1) is 12.3 Å². The average Bonchev–Trinajstić information content (AvgIpc) is 1.87. The minimum Gasteiger partial charge on any atom is -0.393 e. The summed E-state index contributed by atoms with van der Waals surface area (Å²) in [7, 11) is 1.72. The van der Waals surface area contributed by atoms with Crippen molar-refractivity contribution in [2.45, 2.75) is 12.5 Å². The van der Waals surface area contributed by atoms with Crippen LogP contribution >= 0.6 is 0 Å². The fourth-order valence-corrected chi connectivity index (χ4v) is 0.197. The number of aliphatic hydroxyl groups is 1. The molecule has 0 bridgehead atoms. The van der Waals surface area contributed by atoms with Crippen molar-refractivity contribution in [1.29, 1.82) is 0 Å². The maximum absolute atomic E-state index is 8.58. The SMILES string of the molecule is C#CC(C)(CO)NC. The van der Waals surface area contributed by atoms with Gasteiger partial charge in [0.15, 0.2) is 0 Å². The highest BCUT2D eigenvalue weighted by Gasteiger charge is 2.15. The number of likely N-dealkylation sites (N-methyl/N-ethyl adjacent to an activating group) is 1. The molecule has 46 valence electrons. The molecule has 0 saturated heterocycles. The van der Waals surface area contributed by atoms with Gasteiger partial charge < -0.3 is 10.4 Å². The average molecular weight is 113 g/mol. The number of hydrogen-bond acceptors (Lipinski definition) is 2. The van der Waals surface area contributed by atoms with Gasteiger partial charge in [-0.25, -0.2) is 0 Å². The number of rotatable bonds is 2. The molecule has 0 rings (SSSR count). The van der Waals surface area contributed by atoms with Gasteiger partial charge in [-0.1, -0.05) is 5.92 Å². The molecule has 0 aromatic carbocycles. The second kappa shape index (κ2) is 2.71. The third kappa shape index (κ3) is 1.53. The topological polar surface area (TPSA) is 32.3 Å². The normalized spacial score (nSPS) is 16.8. The Kier molecular flexibility index (Phi) is 2.53. The van der Waals surface area contributed by atoms with Crippen molar-refractivity contribution < 1.29 is 5.11 Å². The second-order valence-electron chi connectivity index (χ2n) is 1.88. The van der Waals surface area contributed by atoms with Crippen molar-refractivity contribution in [3.63, 3.8) is 0 Å². The van der Waals surface area contributed by atoms with Crippen LogP contribution in [0.25, 0.3) is 0 Å². The van der Waals surface area contributed by atoms with Crippen LogP contribution in [-0.4, -0.2) is 24.3 Å². The van der Waals surface area contributed by atoms with Gasteiger partial charge in [-0.05, 0) is 14.0 Å². The minimum atomic E-state index is -0.542. The van der Waals surface area contributed by atoms with E-state index in [1.165, 1.54) is 0 Å². The van der Waals surface area contributed by atoms with E-state index in [0.717, 1.165) is 0 Å². The van der Waals surface area contributed by atoms with Crippen LogP contribution in [0.3, 0.4) is 0 Å². The van der Waals surface area contributed by atoms with Gasteiger partial charge in [-0.3, -0.25) is 0 Å². The number of aliphatic hydroxyl groups excluding tert-OH is 1. The van der Waals surface area contributed by atoms with Crippen molar-refractivity contribution in [3.8, 4) is 12.3 Å². The summed E-state index contributed by atoms with van der Waals surface area (Å²) in [6.07, 6.45) is 5.06. The van der Waals surface area contributed by atoms with Crippen molar-refractivity contribution in [1.82, 2.24) is 5.32 Å². The largest absolute Gasteiger partial charge is 0.393 e. The third-order valence-corrected chi connectivity index (χ3v) is 1.19. The first-order chi connectivity index (χ1) is 3.68. The Morgan fingerprint density at radius 2 is 2.38 bits per heavy atom. The predicted octanol–water partition coefficient (Wildman–Crippen LogP) is -0.410. The van der Waals surface area contributed by atoms with Crippen molar-refractivity contribution in [2.75, 3.05) is 13.7 Å². The van der Waals surface area contributed by atoms with E-state index < -0.39 is 5.54 Å². The molecule has 0 amide bonds. The van der Waals surface area contributed by atoms with E-state index in [1.54, 1.807) is 14.0 Å². The molecule has 0 heterocycles. The second-order valence-corrected chi connectivity index (χ2v) is 1.88. The van der Waals surface area contributed by atoms with Crippen LogP contribution in [0.2, 0.25) is 0 Å². The smallest absolute Gasteiger partial charge is 0.100 e. The maximum Gasteiger partial charge on any atom is 0.100 e. The van der Waals surface area contributed by atoms with Crippen LogP contribution in [0.15, 0.2) is 0 Å². The molecule has 0 aromatic heterocycles. The van der Waals surface area contributed by atoms with Crippen LogP contribution in [0.4, 0.5) is 0 Å². The first kappa shape index (κ1) is 7.48. The Labute approximate surface area is 49.9 Å². The molecule has 0 aromatic rings. The van der Waals surface area contributed by atoms with Gasteiger partial charge >= 0.3 is 0 Å². The maximum atomic E-state index is 8.58. The molecule has 0 radical (unpaired) electrons. The summed E-state index contributed by atoms with van der Waals surface area (Å²) in [6.45, 7) is 1.73. The molecule has 1 unspecified atom stereocenters. The Morgan fingerprint density at radius 1 is 1.88 bits per heavy atom. The van der Waals surface area contributed by atoms with Crippen molar-refractivity contribution in [3.05, 3.63) is 0 Å².